The molecule has 0 aliphatic carbocycles. The number of hydrogen-bond acceptors (Lipinski definition) is 2. The summed E-state index contributed by atoms with van der Waals surface area (Å²) in [5.74, 6) is -0.921. The molecule has 0 saturated carbocycles. The summed E-state index contributed by atoms with van der Waals surface area (Å²) in [4.78, 5) is 24.5. The van der Waals surface area contributed by atoms with Crippen molar-refractivity contribution < 1.29 is 14.0 Å². The van der Waals surface area contributed by atoms with E-state index in [-0.39, 0.29) is 17.6 Å². The number of nitrogens with one attached hydrogen (secondary N) is 2. The van der Waals surface area contributed by atoms with E-state index in [0.717, 1.165) is 5.56 Å². The number of hydrogen-bond donors (Lipinski definition) is 2. The summed E-state index contributed by atoms with van der Waals surface area (Å²) >= 11 is 5.94. The molecule has 6 heteroatoms. The van der Waals surface area contributed by atoms with E-state index in [4.69, 9.17) is 11.6 Å². The molecular weight excluding hydrogens is 379 g/mol. The Kier molecular flexibility index (Phi) is 6.40. The Labute approximate surface area is 167 Å². The molecule has 3 aromatic rings. The van der Waals surface area contributed by atoms with E-state index < -0.39 is 0 Å². The minimum Gasteiger partial charge on any atom is -0.352 e. The molecule has 0 fully saturated rings. The summed E-state index contributed by atoms with van der Waals surface area (Å²) in [5.41, 5.74) is 2.40. The van der Waals surface area contributed by atoms with Crippen molar-refractivity contribution in [1.82, 2.24) is 5.32 Å². The van der Waals surface area contributed by atoms with E-state index >= 15 is 0 Å². The normalized spacial score (nSPS) is 10.4. The molecule has 142 valence electrons. The van der Waals surface area contributed by atoms with Crippen LogP contribution in [0.5, 0.6) is 0 Å². The van der Waals surface area contributed by atoms with Gasteiger partial charge < -0.3 is 10.6 Å². The number of carbonyl (C=O) groups excluding carboxylic acids is 2. The fraction of sp³-hybridized carbons (Fsp3) is 0.0909. The average Bonchev–Trinajstić information content (AvgIpc) is 2.70. The van der Waals surface area contributed by atoms with E-state index in [1.54, 1.807) is 30.3 Å². The van der Waals surface area contributed by atoms with E-state index in [1.807, 2.05) is 18.2 Å². The van der Waals surface area contributed by atoms with Crippen molar-refractivity contribution in [3.05, 3.63) is 100 Å². The van der Waals surface area contributed by atoms with Gasteiger partial charge in [0.2, 0.25) is 0 Å². The SMILES string of the molecule is O=C(NCCc1cccc(Cl)c1)c1ccc(C(=O)Nc2ccc(F)cc2)cc1. The van der Waals surface area contributed by atoms with Crippen LogP contribution in [0.25, 0.3) is 0 Å². The van der Waals surface area contributed by atoms with Crippen molar-refractivity contribution in [3.8, 4) is 0 Å². The Morgan fingerprint density at radius 3 is 2.14 bits per heavy atom. The van der Waals surface area contributed by atoms with Gasteiger partial charge in [-0.2, -0.15) is 0 Å². The zero-order chi connectivity index (χ0) is 19.9. The molecular formula is C22H18ClFN2O2. The lowest BCUT2D eigenvalue weighted by Crippen LogP contribution is -2.25. The van der Waals surface area contributed by atoms with Gasteiger partial charge in [0.15, 0.2) is 0 Å². The highest BCUT2D eigenvalue weighted by Gasteiger charge is 2.09. The van der Waals surface area contributed by atoms with Crippen molar-refractivity contribution in [2.75, 3.05) is 11.9 Å². The lowest BCUT2D eigenvalue weighted by Gasteiger charge is -2.08. The highest BCUT2D eigenvalue weighted by atomic mass is 35.5. The first kappa shape index (κ1) is 19.6. The summed E-state index contributed by atoms with van der Waals surface area (Å²) in [7, 11) is 0. The maximum Gasteiger partial charge on any atom is 0.255 e. The molecule has 0 atom stereocenters. The van der Waals surface area contributed by atoms with Crippen LogP contribution in [0.15, 0.2) is 72.8 Å². The van der Waals surface area contributed by atoms with Crippen LogP contribution in [0.2, 0.25) is 5.02 Å². The summed E-state index contributed by atoms with van der Waals surface area (Å²) in [5, 5.41) is 6.18. The van der Waals surface area contributed by atoms with Gasteiger partial charge in [0.1, 0.15) is 5.82 Å². The summed E-state index contributed by atoms with van der Waals surface area (Å²) < 4.78 is 12.9. The van der Waals surface area contributed by atoms with E-state index in [1.165, 1.54) is 24.3 Å². The summed E-state index contributed by atoms with van der Waals surface area (Å²) in [6.45, 7) is 0.478. The molecule has 0 aromatic heterocycles. The lowest BCUT2D eigenvalue weighted by atomic mass is 10.1. The van der Waals surface area contributed by atoms with Gasteiger partial charge >= 0.3 is 0 Å². The molecule has 0 spiro atoms. The topological polar surface area (TPSA) is 58.2 Å². The molecule has 0 heterocycles. The fourth-order valence-electron chi connectivity index (χ4n) is 2.62. The van der Waals surface area contributed by atoms with Crippen LogP contribution in [0.3, 0.4) is 0 Å². The molecule has 0 saturated heterocycles. The highest BCUT2D eigenvalue weighted by molar-refractivity contribution is 6.30. The number of anilines is 1. The first-order valence-corrected chi connectivity index (χ1v) is 9.09. The van der Waals surface area contributed by atoms with Gasteiger partial charge in [-0.25, -0.2) is 4.39 Å². The van der Waals surface area contributed by atoms with Crippen LogP contribution in [-0.2, 0) is 6.42 Å². The van der Waals surface area contributed by atoms with Crippen LogP contribution in [0.4, 0.5) is 10.1 Å². The van der Waals surface area contributed by atoms with Crippen LogP contribution in [-0.4, -0.2) is 18.4 Å². The number of amides is 2. The Morgan fingerprint density at radius 1 is 0.857 bits per heavy atom. The predicted octanol–water partition coefficient (Wildman–Crippen LogP) is 4.70. The molecule has 2 N–H and O–H groups in total. The summed E-state index contributed by atoms with van der Waals surface area (Å²) in [6, 6.07) is 19.3. The molecule has 0 unspecified atom stereocenters. The minimum absolute atomic E-state index is 0.215. The lowest BCUT2D eigenvalue weighted by molar-refractivity contribution is 0.0952. The van der Waals surface area contributed by atoms with Crippen molar-refractivity contribution in [3.63, 3.8) is 0 Å². The molecule has 0 aliphatic rings. The quantitative estimate of drug-likeness (QED) is 0.634. The number of benzene rings is 3. The average molecular weight is 397 g/mol. The van der Waals surface area contributed by atoms with Crippen LogP contribution >= 0.6 is 11.6 Å². The first-order valence-electron chi connectivity index (χ1n) is 8.71. The number of carbonyl (C=O) groups is 2. The zero-order valence-corrected chi connectivity index (χ0v) is 15.7. The van der Waals surface area contributed by atoms with Gasteiger partial charge in [-0.15, -0.1) is 0 Å². The Morgan fingerprint density at radius 2 is 1.50 bits per heavy atom. The third kappa shape index (κ3) is 5.41. The van der Waals surface area contributed by atoms with Crippen molar-refractivity contribution >= 4 is 29.1 Å². The predicted molar refractivity (Wildman–Crippen MR) is 108 cm³/mol. The second-order valence-corrected chi connectivity index (χ2v) is 6.61. The van der Waals surface area contributed by atoms with Gasteiger partial charge in [0.25, 0.3) is 11.8 Å². The molecule has 0 bridgehead atoms. The first-order chi connectivity index (χ1) is 13.5. The zero-order valence-electron chi connectivity index (χ0n) is 14.9. The van der Waals surface area contributed by atoms with Gasteiger partial charge in [0.05, 0.1) is 0 Å². The molecule has 2 amide bonds. The molecule has 3 rings (SSSR count). The fourth-order valence-corrected chi connectivity index (χ4v) is 2.84. The van der Waals surface area contributed by atoms with Crippen molar-refractivity contribution in [2.24, 2.45) is 0 Å². The van der Waals surface area contributed by atoms with E-state index in [9.17, 15) is 14.0 Å². The third-order valence-electron chi connectivity index (χ3n) is 4.10. The van der Waals surface area contributed by atoms with Gasteiger partial charge in [-0.05, 0) is 72.6 Å². The van der Waals surface area contributed by atoms with Gasteiger partial charge in [-0.3, -0.25) is 9.59 Å². The third-order valence-corrected chi connectivity index (χ3v) is 4.33. The highest BCUT2D eigenvalue weighted by Crippen LogP contribution is 2.12. The second kappa shape index (κ2) is 9.15. The second-order valence-electron chi connectivity index (χ2n) is 6.17. The molecule has 0 radical (unpaired) electrons. The van der Waals surface area contributed by atoms with E-state index in [0.29, 0.717) is 34.8 Å². The summed E-state index contributed by atoms with van der Waals surface area (Å²) in [6.07, 6.45) is 0.671. The van der Waals surface area contributed by atoms with Crippen molar-refractivity contribution in [2.45, 2.75) is 6.42 Å². The van der Waals surface area contributed by atoms with Crippen LogP contribution in [0.1, 0.15) is 26.3 Å². The van der Waals surface area contributed by atoms with Crippen LogP contribution in [0, 0.1) is 5.82 Å². The Balaban J connectivity index is 1.53. The van der Waals surface area contributed by atoms with E-state index in [2.05, 4.69) is 10.6 Å². The Bertz CT molecular complexity index is 973. The standard InChI is InChI=1S/C22H18ClFN2O2/c23-18-3-1-2-15(14-18)12-13-25-21(27)16-4-6-17(7-5-16)22(28)26-20-10-8-19(24)9-11-20/h1-11,14H,12-13H2,(H,25,27)(H,26,28). The minimum atomic E-state index is -0.372. The monoisotopic (exact) mass is 396 g/mol. The van der Waals surface area contributed by atoms with Crippen LogP contribution < -0.4 is 10.6 Å². The number of rotatable bonds is 6. The molecule has 28 heavy (non-hydrogen) atoms. The maximum absolute atomic E-state index is 12.9. The van der Waals surface area contributed by atoms with Gasteiger partial charge in [0, 0.05) is 28.4 Å². The van der Waals surface area contributed by atoms with Crippen molar-refractivity contribution in [1.29, 1.82) is 0 Å². The molecule has 3 aromatic carbocycles. The molecule has 4 nitrogen and oxygen atoms in total. The van der Waals surface area contributed by atoms with Gasteiger partial charge in [-0.1, -0.05) is 23.7 Å². The Hall–Kier alpha value is -3.18. The number of halogens is 2. The largest absolute Gasteiger partial charge is 0.352 e. The maximum atomic E-state index is 12.9. The molecule has 0 aliphatic heterocycles. The smallest absolute Gasteiger partial charge is 0.255 e.